The molecule has 25 heavy (non-hydrogen) atoms. The summed E-state index contributed by atoms with van der Waals surface area (Å²) in [5.41, 5.74) is 1.57. The summed E-state index contributed by atoms with van der Waals surface area (Å²) in [6, 6.07) is 5.45. The first-order valence-electron chi connectivity index (χ1n) is 8.42. The quantitative estimate of drug-likeness (QED) is 0.846. The Balaban J connectivity index is 1.65. The van der Waals surface area contributed by atoms with E-state index in [9.17, 15) is 4.79 Å². The fourth-order valence-electron chi connectivity index (χ4n) is 3.46. The Bertz CT molecular complexity index is 773. The van der Waals surface area contributed by atoms with Gasteiger partial charge in [-0.1, -0.05) is 6.07 Å². The molecule has 0 saturated carbocycles. The Morgan fingerprint density at radius 3 is 3.08 bits per heavy atom. The first kappa shape index (κ1) is 16.0. The molecule has 2 aliphatic rings. The minimum absolute atomic E-state index is 0.0573. The number of imidazole rings is 1. The Labute approximate surface area is 146 Å². The van der Waals surface area contributed by atoms with E-state index in [2.05, 4.69) is 9.55 Å². The van der Waals surface area contributed by atoms with Gasteiger partial charge in [0.15, 0.2) is 11.5 Å². The van der Waals surface area contributed by atoms with Crippen molar-refractivity contribution >= 4 is 5.91 Å². The number of methoxy groups -OCH3 is 1. The molecule has 0 radical (unpaired) electrons. The maximum Gasteiger partial charge on any atom is 0.258 e. The van der Waals surface area contributed by atoms with Gasteiger partial charge in [0.05, 0.1) is 30.7 Å². The maximum atomic E-state index is 13.2. The van der Waals surface area contributed by atoms with Crippen molar-refractivity contribution in [1.29, 1.82) is 0 Å². The van der Waals surface area contributed by atoms with Crippen LogP contribution in [-0.2, 0) is 17.8 Å². The molecule has 7 nitrogen and oxygen atoms in total. The van der Waals surface area contributed by atoms with Gasteiger partial charge in [0.1, 0.15) is 13.2 Å². The number of amides is 1. The average molecular weight is 343 g/mol. The Morgan fingerprint density at radius 2 is 2.20 bits per heavy atom. The average Bonchev–Trinajstić information content (AvgIpc) is 2.99. The molecule has 4 rings (SSSR count). The zero-order chi connectivity index (χ0) is 17.2. The summed E-state index contributed by atoms with van der Waals surface area (Å²) in [5, 5.41) is 0. The van der Waals surface area contributed by atoms with Crippen molar-refractivity contribution in [3.63, 3.8) is 0 Å². The number of rotatable bonds is 3. The molecule has 1 aromatic heterocycles. The zero-order valence-electron chi connectivity index (χ0n) is 14.2. The van der Waals surface area contributed by atoms with Gasteiger partial charge >= 0.3 is 0 Å². The van der Waals surface area contributed by atoms with Crippen molar-refractivity contribution in [2.45, 2.75) is 13.1 Å². The third-order valence-corrected chi connectivity index (χ3v) is 4.57. The van der Waals surface area contributed by atoms with E-state index in [1.165, 1.54) is 0 Å². The minimum Gasteiger partial charge on any atom is -0.486 e. The van der Waals surface area contributed by atoms with E-state index in [1.54, 1.807) is 13.2 Å². The van der Waals surface area contributed by atoms with Crippen molar-refractivity contribution in [2.24, 2.45) is 5.92 Å². The number of nitrogens with zero attached hydrogens (tertiary/aromatic N) is 3. The van der Waals surface area contributed by atoms with Crippen LogP contribution in [0.3, 0.4) is 0 Å². The molecule has 132 valence electrons. The van der Waals surface area contributed by atoms with E-state index in [0.717, 1.165) is 12.2 Å². The first-order chi connectivity index (χ1) is 12.3. The summed E-state index contributed by atoms with van der Waals surface area (Å²) in [6.45, 7) is 3.48. The van der Waals surface area contributed by atoms with Gasteiger partial charge in [0.2, 0.25) is 0 Å². The van der Waals surface area contributed by atoms with Crippen molar-refractivity contribution < 1.29 is 19.0 Å². The molecule has 0 spiro atoms. The van der Waals surface area contributed by atoms with Gasteiger partial charge in [0.25, 0.3) is 5.91 Å². The SMILES string of the molecule is COC[C@H]1CN(C(=O)c2cccc3c2OCCO3)Cc2cncn2C1. The van der Waals surface area contributed by atoms with Gasteiger partial charge in [0, 0.05) is 32.3 Å². The van der Waals surface area contributed by atoms with Crippen LogP contribution >= 0.6 is 0 Å². The molecule has 1 atom stereocenters. The highest BCUT2D eigenvalue weighted by atomic mass is 16.6. The van der Waals surface area contributed by atoms with Crippen LogP contribution in [0.5, 0.6) is 11.5 Å². The molecule has 0 aliphatic carbocycles. The van der Waals surface area contributed by atoms with Gasteiger partial charge in [-0.05, 0) is 12.1 Å². The summed E-state index contributed by atoms with van der Waals surface area (Å²) in [6.07, 6.45) is 3.63. The number of hydrogen-bond donors (Lipinski definition) is 0. The van der Waals surface area contributed by atoms with E-state index in [-0.39, 0.29) is 11.8 Å². The van der Waals surface area contributed by atoms with Crippen LogP contribution in [0.15, 0.2) is 30.7 Å². The number of carbonyl (C=O) groups excluding carboxylic acids is 1. The molecule has 0 unspecified atom stereocenters. The molecular weight excluding hydrogens is 322 g/mol. The molecule has 0 N–H and O–H groups in total. The minimum atomic E-state index is -0.0573. The highest BCUT2D eigenvalue weighted by Gasteiger charge is 2.29. The predicted molar refractivity (Wildman–Crippen MR) is 89.8 cm³/mol. The number of ether oxygens (including phenoxy) is 3. The highest BCUT2D eigenvalue weighted by molar-refractivity contribution is 5.97. The second kappa shape index (κ2) is 6.76. The fraction of sp³-hybridized carbons (Fsp3) is 0.444. The van der Waals surface area contributed by atoms with Crippen molar-refractivity contribution in [1.82, 2.24) is 14.5 Å². The molecular formula is C18H21N3O4. The standard InChI is InChI=1S/C18H21N3O4/c1-23-11-13-8-20(10-14-7-19-12-21(14)9-13)18(22)15-3-2-4-16-17(15)25-6-5-24-16/h2-4,7,12-13H,5-6,8-11H2,1H3/t13-/m0/s1. The first-order valence-corrected chi connectivity index (χ1v) is 8.42. The summed E-state index contributed by atoms with van der Waals surface area (Å²) >= 11 is 0. The van der Waals surface area contributed by atoms with Crippen molar-refractivity contribution in [3.8, 4) is 11.5 Å². The lowest BCUT2D eigenvalue weighted by Gasteiger charge is -2.26. The molecule has 2 aromatic rings. The Morgan fingerprint density at radius 1 is 1.32 bits per heavy atom. The van der Waals surface area contributed by atoms with Crippen LogP contribution in [0, 0.1) is 5.92 Å². The molecule has 3 heterocycles. The lowest BCUT2D eigenvalue weighted by Crippen LogP contribution is -2.35. The molecule has 7 heteroatoms. The van der Waals surface area contributed by atoms with Crippen LogP contribution in [0.4, 0.5) is 0 Å². The predicted octanol–water partition coefficient (Wildman–Crippen LogP) is 1.57. The molecule has 0 bridgehead atoms. The smallest absolute Gasteiger partial charge is 0.258 e. The third-order valence-electron chi connectivity index (χ3n) is 4.57. The van der Waals surface area contributed by atoms with E-state index in [0.29, 0.717) is 50.0 Å². The molecule has 2 aliphatic heterocycles. The van der Waals surface area contributed by atoms with E-state index < -0.39 is 0 Å². The van der Waals surface area contributed by atoms with Crippen LogP contribution in [0.1, 0.15) is 16.1 Å². The largest absolute Gasteiger partial charge is 0.486 e. The van der Waals surface area contributed by atoms with E-state index >= 15 is 0 Å². The van der Waals surface area contributed by atoms with E-state index in [4.69, 9.17) is 14.2 Å². The van der Waals surface area contributed by atoms with Gasteiger partial charge in [-0.25, -0.2) is 4.98 Å². The number of para-hydroxylation sites is 1. The number of benzene rings is 1. The third kappa shape index (κ3) is 3.07. The monoisotopic (exact) mass is 343 g/mol. The van der Waals surface area contributed by atoms with Crippen LogP contribution in [-0.4, -0.2) is 53.8 Å². The highest BCUT2D eigenvalue weighted by Crippen LogP contribution is 2.34. The van der Waals surface area contributed by atoms with Crippen molar-refractivity contribution in [2.75, 3.05) is 33.5 Å². The van der Waals surface area contributed by atoms with Crippen LogP contribution < -0.4 is 9.47 Å². The number of fused-ring (bicyclic) bond motifs is 2. The number of hydrogen-bond acceptors (Lipinski definition) is 5. The van der Waals surface area contributed by atoms with Crippen LogP contribution in [0.25, 0.3) is 0 Å². The zero-order valence-corrected chi connectivity index (χ0v) is 14.2. The van der Waals surface area contributed by atoms with Gasteiger partial charge in [-0.2, -0.15) is 0 Å². The topological polar surface area (TPSA) is 65.8 Å². The Hall–Kier alpha value is -2.54. The number of carbonyl (C=O) groups is 1. The lowest BCUT2D eigenvalue weighted by molar-refractivity contribution is 0.0658. The summed E-state index contributed by atoms with van der Waals surface area (Å²) in [4.78, 5) is 19.3. The van der Waals surface area contributed by atoms with Gasteiger partial charge in [-0.15, -0.1) is 0 Å². The molecule has 0 fully saturated rings. The molecule has 0 saturated heterocycles. The summed E-state index contributed by atoms with van der Waals surface area (Å²) in [7, 11) is 1.69. The summed E-state index contributed by atoms with van der Waals surface area (Å²) in [5.74, 6) is 1.32. The van der Waals surface area contributed by atoms with Crippen LogP contribution in [0.2, 0.25) is 0 Å². The normalized spacial score (nSPS) is 19.2. The van der Waals surface area contributed by atoms with Gasteiger partial charge in [-0.3, -0.25) is 4.79 Å². The van der Waals surface area contributed by atoms with Crippen molar-refractivity contribution in [3.05, 3.63) is 42.0 Å². The van der Waals surface area contributed by atoms with E-state index in [1.807, 2.05) is 29.6 Å². The van der Waals surface area contributed by atoms with Gasteiger partial charge < -0.3 is 23.7 Å². The summed E-state index contributed by atoms with van der Waals surface area (Å²) < 4.78 is 18.7. The Kier molecular flexibility index (Phi) is 4.31. The fourth-order valence-corrected chi connectivity index (χ4v) is 3.46. The molecule has 1 aromatic carbocycles. The lowest BCUT2D eigenvalue weighted by atomic mass is 10.1. The number of aromatic nitrogens is 2. The molecule has 1 amide bonds. The maximum absolute atomic E-state index is 13.2. The second-order valence-corrected chi connectivity index (χ2v) is 6.37. The second-order valence-electron chi connectivity index (χ2n) is 6.37.